The van der Waals surface area contributed by atoms with Crippen molar-refractivity contribution in [2.45, 2.75) is 18.2 Å². The average molecular weight is 398 g/mol. The monoisotopic (exact) mass is 398 g/mol. The Morgan fingerprint density at radius 2 is 1.89 bits per heavy atom. The van der Waals surface area contributed by atoms with E-state index in [2.05, 4.69) is 5.32 Å². The molecule has 27 heavy (non-hydrogen) atoms. The lowest BCUT2D eigenvalue weighted by molar-refractivity contribution is -0.116. The molecule has 0 atom stereocenters. The van der Waals surface area contributed by atoms with E-state index in [1.165, 1.54) is 7.11 Å². The molecule has 146 valence electrons. The molecule has 0 radical (unpaired) electrons. The Bertz CT molecular complexity index is 919. The van der Waals surface area contributed by atoms with E-state index in [1.807, 2.05) is 0 Å². The number of nitrogens with one attached hydrogen (secondary N) is 1. The van der Waals surface area contributed by atoms with Crippen LogP contribution < -0.4 is 10.1 Å². The molecule has 2 aromatic carbocycles. The summed E-state index contributed by atoms with van der Waals surface area (Å²) in [4.78, 5) is 11.6. The summed E-state index contributed by atoms with van der Waals surface area (Å²) in [6.45, 7) is 1.13. The number of methoxy groups -OCH3 is 1. The Balaban J connectivity index is 2.26. The molecule has 0 spiro atoms. The number of rotatable bonds is 8. The topological polar surface area (TPSA) is 75.7 Å². The minimum absolute atomic E-state index is 0.0301. The summed E-state index contributed by atoms with van der Waals surface area (Å²) in [7, 11) is -2.96. The molecule has 0 saturated carbocycles. The van der Waals surface area contributed by atoms with Gasteiger partial charge in [0.15, 0.2) is 0 Å². The third-order valence-electron chi connectivity index (χ3n) is 3.69. The molecule has 2 aromatic rings. The van der Waals surface area contributed by atoms with Gasteiger partial charge in [-0.1, -0.05) is 19.1 Å². The molecule has 1 amide bonds. The van der Waals surface area contributed by atoms with E-state index in [-0.39, 0.29) is 6.54 Å². The second kappa shape index (κ2) is 8.92. The largest absolute Gasteiger partial charge is 0.495 e. The lowest BCUT2D eigenvalue weighted by atomic mass is 10.3. The summed E-state index contributed by atoms with van der Waals surface area (Å²) in [5.74, 6) is -2.19. The highest BCUT2D eigenvalue weighted by Gasteiger charge is 2.29. The summed E-state index contributed by atoms with van der Waals surface area (Å²) < 4.78 is 58.8. The molecule has 6 nitrogen and oxygen atoms in total. The van der Waals surface area contributed by atoms with Crippen molar-refractivity contribution in [2.75, 3.05) is 25.5 Å². The number of hydrogen-bond acceptors (Lipinski definition) is 4. The Hall–Kier alpha value is -2.52. The number of nitrogens with zero attached hydrogens (tertiary/aromatic N) is 1. The highest BCUT2D eigenvalue weighted by molar-refractivity contribution is 7.89. The number of anilines is 1. The fraction of sp³-hybridized carbons (Fsp3) is 0.278. The smallest absolute Gasteiger partial charge is 0.246 e. The van der Waals surface area contributed by atoms with Gasteiger partial charge in [0.2, 0.25) is 15.9 Å². The zero-order chi connectivity index (χ0) is 20.0. The van der Waals surface area contributed by atoms with E-state index in [9.17, 15) is 22.0 Å². The molecule has 0 unspecified atom stereocenters. The van der Waals surface area contributed by atoms with Gasteiger partial charge >= 0.3 is 0 Å². The molecule has 1 N–H and O–H groups in total. The van der Waals surface area contributed by atoms with Gasteiger partial charge in [-0.25, -0.2) is 17.2 Å². The van der Waals surface area contributed by atoms with E-state index in [0.29, 0.717) is 23.9 Å². The maximum absolute atomic E-state index is 14.0. The second-order valence-corrected chi connectivity index (χ2v) is 7.57. The van der Waals surface area contributed by atoms with Crippen molar-refractivity contribution in [3.05, 3.63) is 54.1 Å². The van der Waals surface area contributed by atoms with Crippen LogP contribution in [0.2, 0.25) is 0 Å². The lowest BCUT2D eigenvalue weighted by Gasteiger charge is -2.21. The van der Waals surface area contributed by atoms with Crippen molar-refractivity contribution in [3.8, 4) is 5.75 Å². The average Bonchev–Trinajstić information content (AvgIpc) is 2.63. The van der Waals surface area contributed by atoms with Gasteiger partial charge in [-0.2, -0.15) is 4.31 Å². The first-order chi connectivity index (χ1) is 12.8. The van der Waals surface area contributed by atoms with Crippen LogP contribution in [-0.2, 0) is 14.8 Å². The minimum Gasteiger partial charge on any atom is -0.495 e. The van der Waals surface area contributed by atoms with Crippen molar-refractivity contribution in [1.29, 1.82) is 0 Å². The van der Waals surface area contributed by atoms with Crippen LogP contribution in [0.5, 0.6) is 5.75 Å². The van der Waals surface area contributed by atoms with E-state index in [0.717, 1.165) is 16.4 Å². The van der Waals surface area contributed by atoms with E-state index < -0.39 is 39.0 Å². The van der Waals surface area contributed by atoms with Gasteiger partial charge in [0.1, 0.15) is 22.3 Å². The SMILES string of the molecule is CCCN(CC(=O)Nc1ccccc1OC)S(=O)(=O)c1cc(F)ccc1F. The summed E-state index contributed by atoms with van der Waals surface area (Å²) in [6.07, 6.45) is 0.387. The van der Waals surface area contributed by atoms with Crippen LogP contribution in [0.1, 0.15) is 13.3 Å². The predicted molar refractivity (Wildman–Crippen MR) is 97.0 cm³/mol. The Morgan fingerprint density at radius 1 is 1.19 bits per heavy atom. The minimum atomic E-state index is -4.39. The molecule has 0 saturated heterocycles. The Morgan fingerprint density at radius 3 is 2.56 bits per heavy atom. The number of carbonyl (C=O) groups is 1. The number of sulfonamides is 1. The molecule has 0 fully saturated rings. The molecule has 0 aliphatic rings. The third-order valence-corrected chi connectivity index (χ3v) is 5.55. The van der Waals surface area contributed by atoms with Crippen molar-refractivity contribution in [1.82, 2.24) is 4.31 Å². The molecule has 2 rings (SSSR count). The number of benzene rings is 2. The van der Waals surface area contributed by atoms with Gasteiger partial charge in [0.05, 0.1) is 19.3 Å². The zero-order valence-corrected chi connectivity index (χ0v) is 15.7. The highest BCUT2D eigenvalue weighted by Crippen LogP contribution is 2.24. The van der Waals surface area contributed by atoms with Crippen LogP contribution >= 0.6 is 0 Å². The van der Waals surface area contributed by atoms with Gasteiger partial charge in [0, 0.05) is 6.54 Å². The highest BCUT2D eigenvalue weighted by atomic mass is 32.2. The summed E-state index contributed by atoms with van der Waals surface area (Å²) in [5.41, 5.74) is 0.371. The lowest BCUT2D eigenvalue weighted by Crippen LogP contribution is -2.39. The number of amides is 1. The summed E-state index contributed by atoms with van der Waals surface area (Å²) in [5, 5.41) is 2.56. The molecular weight excluding hydrogens is 378 g/mol. The quantitative estimate of drug-likeness (QED) is 0.742. The first-order valence-corrected chi connectivity index (χ1v) is 9.61. The van der Waals surface area contributed by atoms with Crippen LogP contribution in [0.25, 0.3) is 0 Å². The summed E-state index contributed by atoms with van der Waals surface area (Å²) in [6, 6.07) is 8.80. The maximum atomic E-state index is 14.0. The molecular formula is C18H20F2N2O4S. The van der Waals surface area contributed by atoms with Crippen LogP contribution in [0.4, 0.5) is 14.5 Å². The first kappa shape index (κ1) is 20.8. The van der Waals surface area contributed by atoms with E-state index in [4.69, 9.17) is 4.74 Å². The molecule has 0 aliphatic heterocycles. The molecule has 0 bridgehead atoms. The molecule has 0 heterocycles. The van der Waals surface area contributed by atoms with Crippen molar-refractivity contribution < 1.29 is 26.7 Å². The fourth-order valence-electron chi connectivity index (χ4n) is 2.45. The Kier molecular flexibility index (Phi) is 6.86. The maximum Gasteiger partial charge on any atom is 0.246 e. The van der Waals surface area contributed by atoms with Crippen LogP contribution in [0.3, 0.4) is 0 Å². The third kappa shape index (κ3) is 5.01. The second-order valence-electron chi connectivity index (χ2n) is 5.66. The fourth-order valence-corrected chi connectivity index (χ4v) is 4.01. The zero-order valence-electron chi connectivity index (χ0n) is 14.9. The molecule has 0 aromatic heterocycles. The number of ether oxygens (including phenoxy) is 1. The standard InChI is InChI=1S/C18H20F2N2O4S/c1-3-10-22(27(24,25)17-11-13(19)8-9-14(17)20)12-18(23)21-15-6-4-5-7-16(15)26-2/h4-9,11H,3,10,12H2,1-2H3,(H,21,23). The number of carbonyl (C=O) groups excluding carboxylic acids is 1. The van der Waals surface area contributed by atoms with Crippen LogP contribution in [0, 0.1) is 11.6 Å². The van der Waals surface area contributed by atoms with Crippen LogP contribution in [-0.4, -0.2) is 38.8 Å². The molecule has 0 aliphatic carbocycles. The van der Waals surface area contributed by atoms with Crippen molar-refractivity contribution >= 4 is 21.6 Å². The number of halogens is 2. The number of hydrogen-bond donors (Lipinski definition) is 1. The van der Waals surface area contributed by atoms with Crippen LogP contribution in [0.15, 0.2) is 47.4 Å². The number of para-hydroxylation sites is 2. The van der Waals surface area contributed by atoms with Crippen molar-refractivity contribution in [3.63, 3.8) is 0 Å². The predicted octanol–water partition coefficient (Wildman–Crippen LogP) is 3.01. The first-order valence-electron chi connectivity index (χ1n) is 8.17. The summed E-state index contributed by atoms with van der Waals surface area (Å²) >= 11 is 0. The normalized spacial score (nSPS) is 11.4. The van der Waals surface area contributed by atoms with Gasteiger partial charge in [-0.3, -0.25) is 4.79 Å². The van der Waals surface area contributed by atoms with Gasteiger partial charge in [-0.15, -0.1) is 0 Å². The van der Waals surface area contributed by atoms with Gasteiger partial charge in [-0.05, 0) is 36.8 Å². The van der Waals surface area contributed by atoms with Gasteiger partial charge in [0.25, 0.3) is 0 Å². The Labute approximate surface area is 156 Å². The van der Waals surface area contributed by atoms with Gasteiger partial charge < -0.3 is 10.1 Å². The van der Waals surface area contributed by atoms with E-state index in [1.54, 1.807) is 31.2 Å². The van der Waals surface area contributed by atoms with Crippen molar-refractivity contribution in [2.24, 2.45) is 0 Å². The van der Waals surface area contributed by atoms with E-state index >= 15 is 0 Å². The molecule has 9 heteroatoms.